The molecule has 0 bridgehead atoms. The van der Waals surface area contributed by atoms with E-state index < -0.39 is 8.07 Å². The number of para-hydroxylation sites is 2. The molecule has 1 radical (unpaired) electrons. The van der Waals surface area contributed by atoms with Crippen LogP contribution in [0.25, 0.3) is 72.6 Å². The van der Waals surface area contributed by atoms with Gasteiger partial charge in [0.15, 0.2) is 0 Å². The normalized spacial score (nSPS) is 11.5. The molecule has 5 nitrogen and oxygen atoms in total. The Morgan fingerprint density at radius 1 is 0.724 bits per heavy atom. The Balaban J connectivity index is 0.000000208. The summed E-state index contributed by atoms with van der Waals surface area (Å²) in [5, 5.41) is 3.51. The molecule has 0 aliphatic rings. The molecule has 0 spiro atoms. The van der Waals surface area contributed by atoms with Crippen LogP contribution in [-0.2, 0) is 26.5 Å². The van der Waals surface area contributed by atoms with E-state index in [0.717, 1.165) is 67.8 Å². The summed E-state index contributed by atoms with van der Waals surface area (Å²) in [5.41, 5.74) is 14.6. The van der Waals surface area contributed by atoms with E-state index in [1.54, 1.807) is 0 Å². The molecular weight excluding hydrogens is 905 g/mol. The molecule has 0 atom stereocenters. The van der Waals surface area contributed by atoms with Crippen LogP contribution in [0.2, 0.25) is 19.6 Å². The molecule has 0 unspecified atom stereocenters. The fourth-order valence-corrected chi connectivity index (χ4v) is 9.48. The van der Waals surface area contributed by atoms with E-state index in [0.29, 0.717) is 11.6 Å². The van der Waals surface area contributed by atoms with Gasteiger partial charge in [-0.2, -0.15) is 0 Å². The quantitative estimate of drug-likeness (QED) is 0.118. The van der Waals surface area contributed by atoms with Gasteiger partial charge in [0.25, 0.3) is 0 Å². The number of pyridine rings is 2. The molecule has 0 aliphatic heterocycles. The molecule has 9 rings (SSSR count). The van der Waals surface area contributed by atoms with E-state index in [1.165, 1.54) is 33.0 Å². The maximum absolute atomic E-state index is 6.35. The summed E-state index contributed by atoms with van der Waals surface area (Å²) < 4.78 is 8.60. The van der Waals surface area contributed by atoms with E-state index in [-0.39, 0.29) is 20.1 Å². The van der Waals surface area contributed by atoms with Crippen LogP contribution < -0.4 is 5.19 Å². The van der Waals surface area contributed by atoms with Crippen molar-refractivity contribution in [2.45, 2.75) is 60.7 Å². The third kappa shape index (κ3) is 8.13. The first-order valence-corrected chi connectivity index (χ1v) is 23.3. The number of fused-ring (bicyclic) bond motifs is 4. The molecule has 0 aliphatic carbocycles. The van der Waals surface area contributed by atoms with Gasteiger partial charge in [-0.1, -0.05) is 98.5 Å². The first kappa shape index (κ1) is 40.7. The van der Waals surface area contributed by atoms with Crippen LogP contribution in [0.1, 0.15) is 36.2 Å². The first-order chi connectivity index (χ1) is 27.5. The second-order valence-corrected chi connectivity index (χ2v) is 21.5. The van der Waals surface area contributed by atoms with Crippen LogP contribution in [0, 0.1) is 38.8 Å². The van der Waals surface area contributed by atoms with Gasteiger partial charge in [0.1, 0.15) is 0 Å². The SMILES string of the molecule is CC(C)Cc1cc(-c2[c-]cccc2)ncc1[Si](C)(C)C.Cc1ccc2c(n1)oc1c(-c3nc4ccccc4n3-c3c(C)cc(-c4ccccc4)cc3C)[c-]ccc12.[Ir]. The maximum Gasteiger partial charge on any atom is 0.216 e. The smallest absolute Gasteiger partial charge is 0.216 e. The van der Waals surface area contributed by atoms with Crippen LogP contribution in [0.3, 0.4) is 0 Å². The zero-order valence-electron chi connectivity index (χ0n) is 34.4. The standard InChI is InChI=1S/C33H24N3O.C18H24NSi.Ir/c1-20-18-24(23-10-5-4-6-11-23)19-21(2)30(20)36-29-15-8-7-14-28(29)35-32(36)27-13-9-12-25-26-17-16-22(3)34-33(26)37-31(25)27;1-14(2)11-16-12-17(15-9-7-6-8-10-15)19-13-18(16)20(3,4)5;/h4-12,14-19H,1-3H3;6-9,12-14H,11H2,1-5H3;/q2*-1;. The van der Waals surface area contributed by atoms with Crippen molar-refractivity contribution in [2.75, 3.05) is 0 Å². The van der Waals surface area contributed by atoms with E-state index >= 15 is 0 Å². The molecule has 0 N–H and O–H groups in total. The van der Waals surface area contributed by atoms with Crippen molar-refractivity contribution >= 4 is 46.4 Å². The van der Waals surface area contributed by atoms with Crippen LogP contribution in [-0.4, -0.2) is 27.6 Å². The third-order valence-electron chi connectivity index (χ3n) is 10.5. The topological polar surface area (TPSA) is 56.7 Å². The van der Waals surface area contributed by atoms with Crippen LogP contribution >= 0.6 is 0 Å². The van der Waals surface area contributed by atoms with Gasteiger partial charge in [-0.05, 0) is 103 Å². The molecule has 4 heterocycles. The van der Waals surface area contributed by atoms with Gasteiger partial charge in [0, 0.05) is 43.1 Å². The summed E-state index contributed by atoms with van der Waals surface area (Å²) in [5.74, 6) is 1.47. The second kappa shape index (κ2) is 16.8. The molecule has 4 aromatic heterocycles. The van der Waals surface area contributed by atoms with Crippen LogP contribution in [0.15, 0.2) is 132 Å². The average molecular weight is 953 g/mol. The number of imidazole rings is 1. The molecule has 9 aromatic rings. The summed E-state index contributed by atoms with van der Waals surface area (Å²) in [7, 11) is -1.34. The van der Waals surface area contributed by atoms with Gasteiger partial charge in [0.2, 0.25) is 5.71 Å². The number of aromatic nitrogens is 4. The van der Waals surface area contributed by atoms with Crippen LogP contribution in [0.5, 0.6) is 0 Å². The van der Waals surface area contributed by atoms with Gasteiger partial charge >= 0.3 is 0 Å². The van der Waals surface area contributed by atoms with Gasteiger partial charge in [-0.15, -0.1) is 54.1 Å². The fraction of sp³-hybridized carbons (Fsp3) is 0.196. The van der Waals surface area contributed by atoms with Crippen molar-refractivity contribution in [3.8, 4) is 39.5 Å². The minimum atomic E-state index is -1.34. The van der Waals surface area contributed by atoms with E-state index in [2.05, 4.69) is 153 Å². The van der Waals surface area contributed by atoms with Gasteiger partial charge in [-0.3, -0.25) is 4.98 Å². The molecule has 0 saturated heterocycles. The molecule has 0 saturated carbocycles. The molecule has 293 valence electrons. The predicted molar refractivity (Wildman–Crippen MR) is 240 cm³/mol. The number of rotatable bonds is 7. The molecule has 0 amide bonds. The molecule has 7 heteroatoms. The van der Waals surface area contributed by atoms with E-state index in [1.807, 2.05) is 55.5 Å². The van der Waals surface area contributed by atoms with Crippen LogP contribution in [0.4, 0.5) is 0 Å². The Kier molecular flexibility index (Phi) is 11.8. The van der Waals surface area contributed by atoms with Crippen molar-refractivity contribution in [3.63, 3.8) is 0 Å². The number of hydrogen-bond donors (Lipinski definition) is 0. The number of aryl methyl sites for hydroxylation is 3. The average Bonchev–Trinajstić information content (AvgIpc) is 3.76. The fourth-order valence-electron chi connectivity index (χ4n) is 7.89. The number of benzene rings is 5. The van der Waals surface area contributed by atoms with Crippen molar-refractivity contribution in [3.05, 3.63) is 162 Å². The Labute approximate surface area is 356 Å². The largest absolute Gasteiger partial charge is 0.486 e. The zero-order valence-corrected chi connectivity index (χ0v) is 37.8. The monoisotopic (exact) mass is 953 g/mol. The minimum absolute atomic E-state index is 0. The molecule has 58 heavy (non-hydrogen) atoms. The van der Waals surface area contributed by atoms with Gasteiger partial charge in [0.05, 0.1) is 30.5 Å². The van der Waals surface area contributed by atoms with Gasteiger partial charge < -0.3 is 14.0 Å². The van der Waals surface area contributed by atoms with Gasteiger partial charge in [-0.25, -0.2) is 4.98 Å². The molecule has 5 aromatic carbocycles. The van der Waals surface area contributed by atoms with E-state index in [9.17, 15) is 0 Å². The Bertz CT molecular complexity index is 2850. The molecule has 0 fully saturated rings. The summed E-state index contributed by atoms with van der Waals surface area (Å²) in [6.45, 7) is 18.1. The van der Waals surface area contributed by atoms with Crippen molar-refractivity contribution in [1.29, 1.82) is 0 Å². The maximum atomic E-state index is 6.35. The Morgan fingerprint density at radius 2 is 1.45 bits per heavy atom. The number of furan rings is 1. The van der Waals surface area contributed by atoms with Crippen molar-refractivity contribution in [1.82, 2.24) is 19.5 Å². The van der Waals surface area contributed by atoms with Crippen molar-refractivity contribution in [2.24, 2.45) is 5.92 Å². The Morgan fingerprint density at radius 3 is 2.16 bits per heavy atom. The van der Waals surface area contributed by atoms with E-state index in [4.69, 9.17) is 9.40 Å². The van der Waals surface area contributed by atoms with Crippen molar-refractivity contribution < 1.29 is 24.5 Å². The summed E-state index contributed by atoms with van der Waals surface area (Å²) in [6, 6.07) is 48.4. The number of nitrogens with zero attached hydrogens (tertiary/aromatic N) is 4. The zero-order chi connectivity index (χ0) is 39.8. The number of hydrogen-bond acceptors (Lipinski definition) is 4. The first-order valence-electron chi connectivity index (χ1n) is 19.8. The Hall–Kier alpha value is -5.46. The summed E-state index contributed by atoms with van der Waals surface area (Å²) in [4.78, 5) is 14.4. The predicted octanol–water partition coefficient (Wildman–Crippen LogP) is 12.7. The minimum Gasteiger partial charge on any atom is -0.486 e. The second-order valence-electron chi connectivity index (χ2n) is 16.4. The summed E-state index contributed by atoms with van der Waals surface area (Å²) in [6.07, 6.45) is 3.24. The third-order valence-corrected chi connectivity index (χ3v) is 12.5. The molecular formula is C51H48IrN4OSi-2. The summed E-state index contributed by atoms with van der Waals surface area (Å²) >= 11 is 0.